The van der Waals surface area contributed by atoms with Crippen molar-refractivity contribution in [3.05, 3.63) is 50.5 Å². The third kappa shape index (κ3) is 2.78. The number of aromatic carboxylic acids is 1. The van der Waals surface area contributed by atoms with E-state index >= 15 is 0 Å². The van der Waals surface area contributed by atoms with Gasteiger partial charge in [0.25, 0.3) is 11.6 Å². The van der Waals surface area contributed by atoms with E-state index in [1.165, 1.54) is 11.7 Å². The summed E-state index contributed by atoms with van der Waals surface area (Å²) in [5.41, 5.74) is 0.772. The lowest BCUT2D eigenvalue weighted by Gasteiger charge is -2.07. The van der Waals surface area contributed by atoms with E-state index in [0.717, 1.165) is 29.5 Å². The number of carboxylic acids is 1. The van der Waals surface area contributed by atoms with Gasteiger partial charge in [-0.2, -0.15) is 0 Å². The van der Waals surface area contributed by atoms with Crippen LogP contribution in [0.3, 0.4) is 0 Å². The minimum absolute atomic E-state index is 0.134. The maximum Gasteiger partial charge on any atom is 0.337 e. The third-order valence-electron chi connectivity index (χ3n) is 2.35. The van der Waals surface area contributed by atoms with Crippen LogP contribution in [-0.4, -0.2) is 26.9 Å². The summed E-state index contributed by atoms with van der Waals surface area (Å²) >= 11 is 1.07. The van der Waals surface area contributed by atoms with Gasteiger partial charge in [0.15, 0.2) is 0 Å². The molecule has 1 aromatic heterocycles. The first-order chi connectivity index (χ1) is 9.49. The van der Waals surface area contributed by atoms with Crippen LogP contribution in [0.4, 0.5) is 11.4 Å². The second kappa shape index (κ2) is 5.45. The van der Waals surface area contributed by atoms with E-state index in [0.29, 0.717) is 0 Å². The number of rotatable bonds is 4. The number of hydrogen-bond acceptors (Lipinski definition) is 6. The molecule has 2 aromatic rings. The van der Waals surface area contributed by atoms with E-state index in [4.69, 9.17) is 5.11 Å². The molecule has 1 heterocycles. The summed E-state index contributed by atoms with van der Waals surface area (Å²) in [5.74, 6) is -1.87. The zero-order valence-electron chi connectivity index (χ0n) is 9.77. The van der Waals surface area contributed by atoms with Gasteiger partial charge < -0.3 is 10.4 Å². The second-order valence-corrected chi connectivity index (χ2v) is 4.50. The number of benzene rings is 1. The van der Waals surface area contributed by atoms with Crippen molar-refractivity contribution >= 4 is 34.6 Å². The number of nitro benzene ring substituents is 1. The highest BCUT2D eigenvalue weighted by molar-refractivity contribution is 7.11. The fourth-order valence-electron chi connectivity index (χ4n) is 1.45. The fraction of sp³-hybridized carbons (Fsp3) is 0. The summed E-state index contributed by atoms with van der Waals surface area (Å²) in [6, 6.07) is 3.14. The van der Waals surface area contributed by atoms with Crippen molar-refractivity contribution in [2.75, 3.05) is 5.32 Å². The molecule has 0 bridgehead atoms. The summed E-state index contributed by atoms with van der Waals surface area (Å²) in [6.07, 6.45) is 1.32. The van der Waals surface area contributed by atoms with Crippen LogP contribution in [0.5, 0.6) is 0 Å². The molecule has 1 amide bonds. The van der Waals surface area contributed by atoms with E-state index < -0.39 is 16.8 Å². The Labute approximate surface area is 115 Å². The Morgan fingerprint density at radius 2 is 2.15 bits per heavy atom. The first-order valence-corrected chi connectivity index (χ1v) is 6.08. The van der Waals surface area contributed by atoms with Crippen molar-refractivity contribution in [1.82, 2.24) is 4.98 Å². The maximum atomic E-state index is 11.8. The summed E-state index contributed by atoms with van der Waals surface area (Å²) in [5, 5.41) is 22.0. The Morgan fingerprint density at radius 3 is 2.70 bits per heavy atom. The SMILES string of the molecule is O=C(Nc1cc([N+](=O)[O-])ccc1C(=O)O)c1cncs1. The Hall–Kier alpha value is -2.81. The first kappa shape index (κ1) is 13.6. The van der Waals surface area contributed by atoms with Crippen molar-refractivity contribution < 1.29 is 19.6 Å². The molecular formula is C11H7N3O5S. The predicted molar refractivity (Wildman–Crippen MR) is 70.1 cm³/mol. The molecule has 9 heteroatoms. The van der Waals surface area contributed by atoms with Crippen molar-refractivity contribution in [2.24, 2.45) is 0 Å². The molecule has 0 unspecified atom stereocenters. The zero-order chi connectivity index (χ0) is 14.7. The molecule has 2 rings (SSSR count). The molecule has 2 N–H and O–H groups in total. The van der Waals surface area contributed by atoms with Crippen LogP contribution in [0.25, 0.3) is 0 Å². The van der Waals surface area contributed by atoms with Crippen molar-refractivity contribution in [2.45, 2.75) is 0 Å². The molecule has 0 spiro atoms. The molecule has 0 fully saturated rings. The minimum atomic E-state index is -1.29. The number of nitro groups is 1. The fourth-order valence-corrected chi connectivity index (χ4v) is 1.96. The molecule has 20 heavy (non-hydrogen) atoms. The molecule has 0 saturated carbocycles. The topological polar surface area (TPSA) is 122 Å². The van der Waals surface area contributed by atoms with Gasteiger partial charge in [-0.3, -0.25) is 19.9 Å². The van der Waals surface area contributed by atoms with Gasteiger partial charge >= 0.3 is 5.97 Å². The molecule has 0 saturated heterocycles. The molecule has 0 aliphatic heterocycles. The molecule has 0 aliphatic carbocycles. The number of thiazole rings is 1. The average Bonchev–Trinajstić information content (AvgIpc) is 2.92. The maximum absolute atomic E-state index is 11.8. The monoisotopic (exact) mass is 293 g/mol. The lowest BCUT2D eigenvalue weighted by Crippen LogP contribution is -2.14. The number of nitrogens with zero attached hydrogens (tertiary/aromatic N) is 2. The molecule has 1 aromatic carbocycles. The number of non-ortho nitro benzene ring substituents is 1. The van der Waals surface area contributed by atoms with Crippen LogP contribution in [0.2, 0.25) is 0 Å². The van der Waals surface area contributed by atoms with E-state index in [-0.39, 0.29) is 21.8 Å². The van der Waals surface area contributed by atoms with Gasteiger partial charge in [-0.1, -0.05) is 0 Å². The second-order valence-electron chi connectivity index (χ2n) is 3.61. The van der Waals surface area contributed by atoms with Crippen LogP contribution in [0.15, 0.2) is 29.9 Å². The van der Waals surface area contributed by atoms with Gasteiger partial charge in [0.05, 0.1) is 27.9 Å². The van der Waals surface area contributed by atoms with Gasteiger partial charge in [0.1, 0.15) is 4.88 Å². The van der Waals surface area contributed by atoms with Crippen LogP contribution >= 0.6 is 11.3 Å². The van der Waals surface area contributed by atoms with Gasteiger partial charge in [-0.25, -0.2) is 4.79 Å². The Balaban J connectivity index is 2.37. The zero-order valence-corrected chi connectivity index (χ0v) is 10.6. The van der Waals surface area contributed by atoms with Gasteiger partial charge in [-0.15, -0.1) is 11.3 Å². The largest absolute Gasteiger partial charge is 0.478 e. The number of carboxylic acid groups (broad SMARTS) is 1. The predicted octanol–water partition coefficient (Wildman–Crippen LogP) is 2.00. The lowest BCUT2D eigenvalue weighted by atomic mass is 10.1. The van der Waals surface area contributed by atoms with Gasteiger partial charge in [0, 0.05) is 12.1 Å². The number of hydrogen-bond donors (Lipinski definition) is 2. The third-order valence-corrected chi connectivity index (χ3v) is 3.12. The summed E-state index contributed by atoms with van der Waals surface area (Å²) in [4.78, 5) is 36.9. The normalized spacial score (nSPS) is 10.0. The molecule has 0 radical (unpaired) electrons. The van der Waals surface area contributed by atoms with Gasteiger partial charge in [-0.05, 0) is 6.07 Å². The highest BCUT2D eigenvalue weighted by atomic mass is 32.1. The summed E-state index contributed by atoms with van der Waals surface area (Å²) < 4.78 is 0. The average molecular weight is 293 g/mol. The van der Waals surface area contributed by atoms with E-state index in [1.54, 1.807) is 0 Å². The molecule has 8 nitrogen and oxygen atoms in total. The smallest absolute Gasteiger partial charge is 0.337 e. The molecule has 102 valence electrons. The van der Waals surface area contributed by atoms with Gasteiger partial charge in [0.2, 0.25) is 0 Å². The van der Waals surface area contributed by atoms with Crippen LogP contribution < -0.4 is 5.32 Å². The van der Waals surface area contributed by atoms with Crippen molar-refractivity contribution in [3.8, 4) is 0 Å². The Kier molecular flexibility index (Phi) is 3.71. The Bertz CT molecular complexity index is 683. The number of carbonyl (C=O) groups is 2. The number of aromatic nitrogens is 1. The first-order valence-electron chi connectivity index (χ1n) is 5.20. The van der Waals surface area contributed by atoms with Crippen LogP contribution in [-0.2, 0) is 0 Å². The number of amides is 1. The van der Waals surface area contributed by atoms with E-state index in [9.17, 15) is 19.7 Å². The molecular weight excluding hydrogens is 286 g/mol. The Morgan fingerprint density at radius 1 is 1.40 bits per heavy atom. The standard InChI is InChI=1S/C11H7N3O5S/c15-10(9-4-12-5-20-9)13-8-3-6(14(18)19)1-2-7(8)11(16)17/h1-5H,(H,13,15)(H,16,17). The highest BCUT2D eigenvalue weighted by Gasteiger charge is 2.18. The minimum Gasteiger partial charge on any atom is -0.478 e. The van der Waals surface area contributed by atoms with E-state index in [2.05, 4.69) is 10.3 Å². The van der Waals surface area contributed by atoms with Crippen LogP contribution in [0, 0.1) is 10.1 Å². The molecule has 0 aliphatic rings. The summed E-state index contributed by atoms with van der Waals surface area (Å²) in [7, 11) is 0. The molecule has 0 atom stereocenters. The van der Waals surface area contributed by atoms with Crippen molar-refractivity contribution in [3.63, 3.8) is 0 Å². The van der Waals surface area contributed by atoms with Crippen molar-refractivity contribution in [1.29, 1.82) is 0 Å². The number of anilines is 1. The number of nitrogens with one attached hydrogen (secondary N) is 1. The van der Waals surface area contributed by atoms with Crippen LogP contribution in [0.1, 0.15) is 20.0 Å². The summed E-state index contributed by atoms with van der Waals surface area (Å²) in [6.45, 7) is 0. The number of carbonyl (C=O) groups excluding carboxylic acids is 1. The van der Waals surface area contributed by atoms with E-state index in [1.807, 2.05) is 0 Å². The lowest BCUT2D eigenvalue weighted by molar-refractivity contribution is -0.384. The highest BCUT2D eigenvalue weighted by Crippen LogP contribution is 2.23. The quantitative estimate of drug-likeness (QED) is 0.656.